The molecule has 0 spiro atoms. The Morgan fingerprint density at radius 1 is 1.21 bits per heavy atom. The third kappa shape index (κ3) is 1.93. The fraction of sp³-hybridized carbons (Fsp3) is 0.667. The van der Waals surface area contributed by atoms with Gasteiger partial charge in [0.25, 0.3) is 0 Å². The third-order valence-electron chi connectivity index (χ3n) is 2.65. The average Bonchev–Trinajstić information content (AvgIpc) is 2.47. The Bertz CT molecular complexity index is 315. The van der Waals surface area contributed by atoms with E-state index in [0.29, 0.717) is 0 Å². The number of nitrogens with zero attached hydrogens (tertiary/aromatic N) is 4. The molecule has 0 amide bonds. The Morgan fingerprint density at radius 3 is 2.36 bits per heavy atom. The van der Waals surface area contributed by atoms with Crippen LogP contribution < -0.4 is 4.90 Å². The summed E-state index contributed by atoms with van der Waals surface area (Å²) in [5.74, 6) is 1.20. The van der Waals surface area contributed by atoms with Gasteiger partial charge in [-0.25, -0.2) is 0 Å². The maximum atomic E-state index is 4.28. The van der Waals surface area contributed by atoms with Gasteiger partial charge in [0.1, 0.15) is 10.4 Å². The molecule has 4 nitrogen and oxygen atoms in total. The Balaban J connectivity index is 2.11. The maximum absolute atomic E-state index is 4.28. The van der Waals surface area contributed by atoms with Crippen molar-refractivity contribution in [2.24, 2.45) is 7.05 Å². The number of hydrogen-bond donors (Lipinski definition) is 0. The quantitative estimate of drug-likeness (QED) is 0.750. The van der Waals surface area contributed by atoms with E-state index in [2.05, 4.69) is 43.9 Å². The van der Waals surface area contributed by atoms with Crippen LogP contribution in [0.4, 0.5) is 5.82 Å². The zero-order chi connectivity index (χ0) is 10.1. The molecule has 0 saturated carbocycles. The van der Waals surface area contributed by atoms with Crippen LogP contribution in [0.25, 0.3) is 0 Å². The van der Waals surface area contributed by atoms with Gasteiger partial charge in [0.15, 0.2) is 0 Å². The highest BCUT2D eigenvalue weighted by Gasteiger charge is 2.17. The third-order valence-corrected chi connectivity index (χ3v) is 3.04. The largest absolute Gasteiger partial charge is 0.354 e. The molecule has 0 N–H and O–H groups in total. The van der Waals surface area contributed by atoms with Crippen LogP contribution in [0.15, 0.2) is 10.7 Å². The maximum Gasteiger partial charge on any atom is 0.130 e. The van der Waals surface area contributed by atoms with Gasteiger partial charge in [0, 0.05) is 39.3 Å². The predicted octanol–water partition coefficient (Wildman–Crippen LogP) is 0.934. The highest BCUT2D eigenvalue weighted by atomic mass is 79.9. The topological polar surface area (TPSA) is 24.3 Å². The minimum absolute atomic E-state index is 0.911. The molecule has 2 heterocycles. The Kier molecular flexibility index (Phi) is 2.78. The molecule has 14 heavy (non-hydrogen) atoms. The van der Waals surface area contributed by atoms with Gasteiger partial charge in [-0.05, 0) is 23.0 Å². The van der Waals surface area contributed by atoms with Gasteiger partial charge in [-0.2, -0.15) is 5.10 Å². The van der Waals surface area contributed by atoms with Crippen molar-refractivity contribution in [2.75, 3.05) is 38.1 Å². The predicted molar refractivity (Wildman–Crippen MR) is 60.6 cm³/mol. The molecular formula is C9H15BrN4. The molecule has 0 bridgehead atoms. The summed E-state index contributed by atoms with van der Waals surface area (Å²) < 4.78 is 2.84. The number of aromatic nitrogens is 2. The molecular weight excluding hydrogens is 244 g/mol. The van der Waals surface area contributed by atoms with Gasteiger partial charge in [0.05, 0.1) is 0 Å². The fourth-order valence-corrected chi connectivity index (χ4v) is 2.20. The van der Waals surface area contributed by atoms with Crippen molar-refractivity contribution >= 4 is 21.7 Å². The summed E-state index contributed by atoms with van der Waals surface area (Å²) in [5, 5.41) is 4.28. The van der Waals surface area contributed by atoms with Crippen molar-refractivity contribution in [2.45, 2.75) is 0 Å². The zero-order valence-electron chi connectivity index (χ0n) is 8.57. The van der Waals surface area contributed by atoms with Crippen LogP contribution in [0.5, 0.6) is 0 Å². The molecule has 0 radical (unpaired) electrons. The number of aryl methyl sites for hydroxylation is 1. The second-order valence-electron chi connectivity index (χ2n) is 3.74. The van der Waals surface area contributed by atoms with E-state index in [-0.39, 0.29) is 0 Å². The minimum Gasteiger partial charge on any atom is -0.354 e. The van der Waals surface area contributed by atoms with Crippen LogP contribution in [0, 0.1) is 0 Å². The second-order valence-corrected chi connectivity index (χ2v) is 4.55. The van der Waals surface area contributed by atoms with Crippen molar-refractivity contribution in [3.8, 4) is 0 Å². The molecule has 0 atom stereocenters. The monoisotopic (exact) mass is 258 g/mol. The first-order valence-corrected chi connectivity index (χ1v) is 5.59. The van der Waals surface area contributed by atoms with Crippen LogP contribution in [-0.2, 0) is 7.05 Å². The van der Waals surface area contributed by atoms with Gasteiger partial charge in [-0.1, -0.05) is 0 Å². The molecule has 1 saturated heterocycles. The van der Waals surface area contributed by atoms with E-state index in [4.69, 9.17) is 0 Å². The lowest BCUT2D eigenvalue weighted by atomic mass is 10.3. The van der Waals surface area contributed by atoms with Crippen molar-refractivity contribution in [1.82, 2.24) is 14.7 Å². The van der Waals surface area contributed by atoms with Crippen LogP contribution in [0.1, 0.15) is 0 Å². The molecule has 1 aliphatic rings. The number of piperazine rings is 1. The SMILES string of the molecule is CN1CCN(c2cc(Br)nn2C)CC1. The van der Waals surface area contributed by atoms with Crippen molar-refractivity contribution in [3.05, 3.63) is 10.7 Å². The summed E-state index contributed by atoms with van der Waals surface area (Å²) in [4.78, 5) is 4.72. The van der Waals surface area contributed by atoms with Gasteiger partial charge in [0.2, 0.25) is 0 Å². The minimum atomic E-state index is 0.911. The van der Waals surface area contributed by atoms with E-state index in [0.717, 1.165) is 30.8 Å². The molecule has 1 fully saturated rings. The highest BCUT2D eigenvalue weighted by Crippen LogP contribution is 2.19. The smallest absolute Gasteiger partial charge is 0.130 e. The van der Waals surface area contributed by atoms with Gasteiger partial charge in [-0.15, -0.1) is 0 Å². The van der Waals surface area contributed by atoms with Crippen LogP contribution in [0.3, 0.4) is 0 Å². The molecule has 5 heteroatoms. The number of hydrogen-bond acceptors (Lipinski definition) is 3. The van der Waals surface area contributed by atoms with Crippen molar-refractivity contribution in [1.29, 1.82) is 0 Å². The van der Waals surface area contributed by atoms with Gasteiger partial charge < -0.3 is 9.80 Å². The summed E-state index contributed by atoms with van der Waals surface area (Å²) in [5.41, 5.74) is 0. The number of halogens is 1. The van der Waals surface area contributed by atoms with Crippen molar-refractivity contribution in [3.63, 3.8) is 0 Å². The Morgan fingerprint density at radius 2 is 1.86 bits per heavy atom. The van der Waals surface area contributed by atoms with E-state index in [1.165, 1.54) is 5.82 Å². The lowest BCUT2D eigenvalue weighted by Crippen LogP contribution is -2.45. The number of rotatable bonds is 1. The van der Waals surface area contributed by atoms with E-state index < -0.39 is 0 Å². The molecule has 0 aromatic carbocycles. The molecule has 0 unspecified atom stereocenters. The number of likely N-dealkylation sites (N-methyl/N-ethyl adjacent to an activating group) is 1. The normalized spacial score (nSPS) is 18.9. The lowest BCUT2D eigenvalue weighted by molar-refractivity contribution is 0.311. The molecule has 1 aromatic rings. The van der Waals surface area contributed by atoms with Crippen LogP contribution >= 0.6 is 15.9 Å². The second kappa shape index (κ2) is 3.90. The summed E-state index contributed by atoms with van der Waals surface area (Å²) in [6.45, 7) is 4.43. The highest BCUT2D eigenvalue weighted by molar-refractivity contribution is 9.10. The van der Waals surface area contributed by atoms with Crippen LogP contribution in [-0.4, -0.2) is 47.9 Å². The summed E-state index contributed by atoms with van der Waals surface area (Å²) in [7, 11) is 4.15. The molecule has 0 aliphatic carbocycles. The van der Waals surface area contributed by atoms with E-state index in [9.17, 15) is 0 Å². The molecule has 2 rings (SSSR count). The average molecular weight is 259 g/mol. The molecule has 1 aromatic heterocycles. The Hall–Kier alpha value is -0.550. The standard InChI is InChI=1S/C9H15BrN4/c1-12-3-5-14(6-4-12)9-7-8(10)11-13(9)2/h7H,3-6H2,1-2H3. The van der Waals surface area contributed by atoms with Crippen LogP contribution in [0.2, 0.25) is 0 Å². The van der Waals surface area contributed by atoms with E-state index in [1.807, 2.05) is 11.7 Å². The first kappa shape index (κ1) is 9.98. The first-order valence-electron chi connectivity index (χ1n) is 4.80. The fourth-order valence-electron chi connectivity index (χ4n) is 1.75. The van der Waals surface area contributed by atoms with Gasteiger partial charge in [-0.3, -0.25) is 4.68 Å². The Labute approximate surface area is 92.6 Å². The van der Waals surface area contributed by atoms with E-state index >= 15 is 0 Å². The van der Waals surface area contributed by atoms with Gasteiger partial charge >= 0.3 is 0 Å². The molecule has 78 valence electrons. The first-order chi connectivity index (χ1) is 6.66. The number of anilines is 1. The van der Waals surface area contributed by atoms with E-state index in [1.54, 1.807) is 0 Å². The molecule has 1 aliphatic heterocycles. The summed E-state index contributed by atoms with van der Waals surface area (Å²) in [6, 6.07) is 2.07. The van der Waals surface area contributed by atoms with Crippen molar-refractivity contribution < 1.29 is 0 Å². The lowest BCUT2D eigenvalue weighted by Gasteiger charge is -2.33. The summed E-state index contributed by atoms with van der Waals surface area (Å²) in [6.07, 6.45) is 0. The summed E-state index contributed by atoms with van der Waals surface area (Å²) >= 11 is 3.39. The zero-order valence-corrected chi connectivity index (χ0v) is 10.2.